The summed E-state index contributed by atoms with van der Waals surface area (Å²) in [6.07, 6.45) is 0. The molecule has 0 bridgehead atoms. The first-order valence-electron chi connectivity index (χ1n) is 8.65. The third kappa shape index (κ3) is 3.67. The van der Waals surface area contributed by atoms with Crippen LogP contribution in [0.25, 0.3) is 0 Å². The van der Waals surface area contributed by atoms with Gasteiger partial charge >= 0.3 is 5.97 Å². The number of nitrogens with zero attached hydrogens (tertiary/aromatic N) is 2. The van der Waals surface area contributed by atoms with Gasteiger partial charge < -0.3 is 18.5 Å². The standard InChI is InChI=1S/C19H24N2O5/c1-12-9-16(13(2)25-12)18(22)21-7-5-20(6-8-21)11-15-10-17(14(3)26-15)19(23)24-4/h9-10H,5-8,11H2,1-4H3. The summed E-state index contributed by atoms with van der Waals surface area (Å²) in [7, 11) is 1.36. The predicted octanol–water partition coefficient (Wildman–Crippen LogP) is 2.54. The van der Waals surface area contributed by atoms with Gasteiger partial charge in [-0.3, -0.25) is 9.69 Å². The van der Waals surface area contributed by atoms with E-state index in [1.165, 1.54) is 7.11 Å². The molecule has 3 heterocycles. The van der Waals surface area contributed by atoms with Crippen molar-refractivity contribution in [1.29, 1.82) is 0 Å². The van der Waals surface area contributed by atoms with Gasteiger partial charge in [-0.05, 0) is 32.9 Å². The maximum atomic E-state index is 12.6. The number of aryl methyl sites for hydroxylation is 3. The Morgan fingerprint density at radius 2 is 1.65 bits per heavy atom. The molecule has 1 aliphatic rings. The lowest BCUT2D eigenvalue weighted by atomic mass is 10.2. The van der Waals surface area contributed by atoms with Crippen LogP contribution in [0, 0.1) is 20.8 Å². The van der Waals surface area contributed by atoms with Crippen LogP contribution in [-0.2, 0) is 11.3 Å². The van der Waals surface area contributed by atoms with E-state index in [1.807, 2.05) is 18.7 Å². The fourth-order valence-electron chi connectivity index (χ4n) is 3.28. The molecule has 0 spiro atoms. The second-order valence-corrected chi connectivity index (χ2v) is 6.57. The Morgan fingerprint density at radius 1 is 1.00 bits per heavy atom. The van der Waals surface area contributed by atoms with E-state index >= 15 is 0 Å². The van der Waals surface area contributed by atoms with Gasteiger partial charge in [-0.1, -0.05) is 0 Å². The van der Waals surface area contributed by atoms with Gasteiger partial charge in [0.05, 0.1) is 19.2 Å². The van der Waals surface area contributed by atoms with Crippen molar-refractivity contribution in [2.45, 2.75) is 27.3 Å². The van der Waals surface area contributed by atoms with Crippen LogP contribution in [0.3, 0.4) is 0 Å². The quantitative estimate of drug-likeness (QED) is 0.780. The summed E-state index contributed by atoms with van der Waals surface area (Å²) in [6, 6.07) is 3.53. The highest BCUT2D eigenvalue weighted by Crippen LogP contribution is 2.20. The van der Waals surface area contributed by atoms with Crippen LogP contribution in [0.5, 0.6) is 0 Å². The van der Waals surface area contributed by atoms with E-state index in [2.05, 4.69) is 4.90 Å². The molecule has 0 saturated carbocycles. The van der Waals surface area contributed by atoms with E-state index in [1.54, 1.807) is 19.1 Å². The Morgan fingerprint density at radius 3 is 2.23 bits per heavy atom. The van der Waals surface area contributed by atoms with Crippen molar-refractivity contribution in [3.8, 4) is 0 Å². The van der Waals surface area contributed by atoms with Gasteiger partial charge in [0.1, 0.15) is 28.6 Å². The molecule has 1 amide bonds. The van der Waals surface area contributed by atoms with Gasteiger partial charge in [0, 0.05) is 26.2 Å². The maximum Gasteiger partial charge on any atom is 0.341 e. The van der Waals surface area contributed by atoms with Crippen LogP contribution in [0.1, 0.15) is 43.8 Å². The molecule has 7 heteroatoms. The maximum absolute atomic E-state index is 12.6. The van der Waals surface area contributed by atoms with Crippen LogP contribution in [0.15, 0.2) is 21.0 Å². The molecular weight excluding hydrogens is 336 g/mol. The first kappa shape index (κ1) is 18.3. The molecule has 1 aliphatic heterocycles. The van der Waals surface area contributed by atoms with E-state index in [4.69, 9.17) is 13.6 Å². The molecule has 2 aromatic heterocycles. The van der Waals surface area contributed by atoms with Gasteiger partial charge in [-0.25, -0.2) is 4.79 Å². The number of furan rings is 2. The van der Waals surface area contributed by atoms with Crippen molar-refractivity contribution < 1.29 is 23.2 Å². The zero-order valence-corrected chi connectivity index (χ0v) is 15.6. The van der Waals surface area contributed by atoms with E-state index in [0.717, 1.165) is 24.6 Å². The number of hydrogen-bond acceptors (Lipinski definition) is 6. The topological polar surface area (TPSA) is 76.1 Å². The van der Waals surface area contributed by atoms with Crippen LogP contribution in [-0.4, -0.2) is 55.0 Å². The molecular formula is C19H24N2O5. The Balaban J connectivity index is 1.58. The second-order valence-electron chi connectivity index (χ2n) is 6.57. The molecule has 26 heavy (non-hydrogen) atoms. The molecule has 2 aromatic rings. The van der Waals surface area contributed by atoms with Gasteiger partial charge in [0.15, 0.2) is 0 Å². The molecule has 3 rings (SSSR count). The Labute approximate surface area is 152 Å². The van der Waals surface area contributed by atoms with Gasteiger partial charge in [-0.15, -0.1) is 0 Å². The largest absolute Gasteiger partial charge is 0.466 e. The Kier molecular flexibility index (Phi) is 5.18. The van der Waals surface area contributed by atoms with E-state index in [0.29, 0.717) is 42.3 Å². The zero-order valence-electron chi connectivity index (χ0n) is 15.6. The minimum absolute atomic E-state index is 0.0146. The average molecular weight is 360 g/mol. The summed E-state index contributed by atoms with van der Waals surface area (Å²) in [5.41, 5.74) is 1.10. The lowest BCUT2D eigenvalue weighted by molar-refractivity contribution is 0.0596. The van der Waals surface area contributed by atoms with Crippen molar-refractivity contribution in [3.05, 3.63) is 46.3 Å². The van der Waals surface area contributed by atoms with E-state index in [9.17, 15) is 9.59 Å². The van der Waals surface area contributed by atoms with Gasteiger partial charge in [0.25, 0.3) is 5.91 Å². The fraction of sp³-hybridized carbons (Fsp3) is 0.474. The minimum Gasteiger partial charge on any atom is -0.466 e. The molecule has 0 aliphatic carbocycles. The molecule has 0 unspecified atom stereocenters. The lowest BCUT2D eigenvalue weighted by Gasteiger charge is -2.34. The molecule has 140 valence electrons. The summed E-state index contributed by atoms with van der Waals surface area (Å²) in [6.45, 7) is 8.79. The fourth-order valence-corrected chi connectivity index (χ4v) is 3.28. The summed E-state index contributed by atoms with van der Waals surface area (Å²) in [5, 5.41) is 0. The average Bonchev–Trinajstić information content (AvgIpc) is 3.15. The highest BCUT2D eigenvalue weighted by molar-refractivity contribution is 5.95. The van der Waals surface area contributed by atoms with Crippen molar-refractivity contribution >= 4 is 11.9 Å². The van der Waals surface area contributed by atoms with Gasteiger partial charge in [0.2, 0.25) is 0 Å². The molecule has 0 aromatic carbocycles. The first-order chi connectivity index (χ1) is 12.4. The summed E-state index contributed by atoms with van der Waals surface area (Å²) in [5.74, 6) is 2.32. The monoisotopic (exact) mass is 360 g/mol. The van der Waals surface area contributed by atoms with Crippen LogP contribution >= 0.6 is 0 Å². The lowest BCUT2D eigenvalue weighted by Crippen LogP contribution is -2.48. The summed E-state index contributed by atoms with van der Waals surface area (Å²) >= 11 is 0. The molecule has 1 saturated heterocycles. The van der Waals surface area contributed by atoms with Crippen LogP contribution in [0.4, 0.5) is 0 Å². The molecule has 0 N–H and O–H groups in total. The van der Waals surface area contributed by atoms with E-state index < -0.39 is 5.97 Å². The molecule has 7 nitrogen and oxygen atoms in total. The number of carbonyl (C=O) groups excluding carboxylic acids is 2. The smallest absolute Gasteiger partial charge is 0.341 e. The number of amides is 1. The van der Waals surface area contributed by atoms with Crippen molar-refractivity contribution in [3.63, 3.8) is 0 Å². The number of esters is 1. The highest BCUT2D eigenvalue weighted by Gasteiger charge is 2.25. The normalized spacial score (nSPS) is 15.3. The van der Waals surface area contributed by atoms with Crippen LogP contribution < -0.4 is 0 Å². The summed E-state index contributed by atoms with van der Waals surface area (Å²) in [4.78, 5) is 28.4. The second kappa shape index (κ2) is 7.37. The third-order valence-corrected chi connectivity index (χ3v) is 4.68. The molecule has 1 fully saturated rings. The minimum atomic E-state index is -0.390. The number of piperazine rings is 1. The number of rotatable bonds is 4. The van der Waals surface area contributed by atoms with Crippen molar-refractivity contribution in [2.75, 3.05) is 33.3 Å². The van der Waals surface area contributed by atoms with E-state index in [-0.39, 0.29) is 5.91 Å². The third-order valence-electron chi connectivity index (χ3n) is 4.68. The number of ether oxygens (including phenoxy) is 1. The first-order valence-corrected chi connectivity index (χ1v) is 8.65. The molecule has 0 atom stereocenters. The molecule has 0 radical (unpaired) electrons. The number of carbonyl (C=O) groups is 2. The Hall–Kier alpha value is -2.54. The SMILES string of the molecule is COC(=O)c1cc(CN2CCN(C(=O)c3cc(C)oc3C)CC2)oc1C. The zero-order chi connectivity index (χ0) is 18.8. The van der Waals surface area contributed by atoms with Gasteiger partial charge in [-0.2, -0.15) is 0 Å². The van der Waals surface area contributed by atoms with Crippen LogP contribution in [0.2, 0.25) is 0 Å². The van der Waals surface area contributed by atoms with Crippen molar-refractivity contribution in [2.24, 2.45) is 0 Å². The number of hydrogen-bond donors (Lipinski definition) is 0. The number of methoxy groups -OCH3 is 1. The predicted molar refractivity (Wildman–Crippen MR) is 94.1 cm³/mol. The van der Waals surface area contributed by atoms with Crippen molar-refractivity contribution in [1.82, 2.24) is 9.80 Å². The Bertz CT molecular complexity index is 812. The summed E-state index contributed by atoms with van der Waals surface area (Å²) < 4.78 is 15.9. The highest BCUT2D eigenvalue weighted by atomic mass is 16.5.